The summed E-state index contributed by atoms with van der Waals surface area (Å²) < 4.78 is 0. The van der Waals surface area contributed by atoms with Crippen molar-refractivity contribution < 1.29 is 4.79 Å². The Kier molecular flexibility index (Phi) is 1.73. The van der Waals surface area contributed by atoms with Gasteiger partial charge >= 0.3 is 0 Å². The van der Waals surface area contributed by atoms with Crippen molar-refractivity contribution in [2.24, 2.45) is 5.73 Å². The second-order valence-electron chi connectivity index (χ2n) is 3.58. The number of Topliss-reactive ketones (excluding diaryl/α,β-unsaturated/α-hetero) is 1. The zero-order chi connectivity index (χ0) is 9.47. The largest absolute Gasteiger partial charge is 0.348 e. The van der Waals surface area contributed by atoms with Crippen molar-refractivity contribution in [3.63, 3.8) is 0 Å². The maximum absolute atomic E-state index is 11.4. The Bertz CT molecular complexity index is 320. The Labute approximate surface area is 76.5 Å². The number of nitrogens with zero attached hydrogens (tertiary/aromatic N) is 1. The molecule has 13 heavy (non-hydrogen) atoms. The predicted octanol–water partition coefficient (Wildman–Crippen LogP) is 0.574. The SMILES string of the molecule is CCC(=O)C1(N)C[C@@H]1c1cnc[nH]1. The number of aromatic amines is 1. The molecule has 0 aliphatic heterocycles. The van der Waals surface area contributed by atoms with Crippen LogP contribution in [0.1, 0.15) is 31.4 Å². The molecule has 3 N–H and O–H groups in total. The normalized spacial score (nSPS) is 31.7. The number of hydrogen-bond acceptors (Lipinski definition) is 3. The lowest BCUT2D eigenvalue weighted by atomic mass is 10.1. The van der Waals surface area contributed by atoms with Gasteiger partial charge in [-0.3, -0.25) is 4.79 Å². The molecule has 0 spiro atoms. The minimum Gasteiger partial charge on any atom is -0.348 e. The van der Waals surface area contributed by atoms with E-state index in [1.54, 1.807) is 12.5 Å². The molecule has 0 saturated heterocycles. The summed E-state index contributed by atoms with van der Waals surface area (Å²) in [6, 6.07) is 0. The quantitative estimate of drug-likeness (QED) is 0.712. The molecule has 0 radical (unpaired) electrons. The molecule has 4 nitrogen and oxygen atoms in total. The Balaban J connectivity index is 2.14. The standard InChI is InChI=1S/C9H13N3O/c1-2-8(13)9(10)3-6(9)7-4-11-5-12-7/h4-6H,2-3,10H2,1H3,(H,11,12)/t6-,9?/m1/s1. The summed E-state index contributed by atoms with van der Waals surface area (Å²) in [6.07, 6.45) is 4.62. The Morgan fingerprint density at radius 3 is 3.23 bits per heavy atom. The maximum atomic E-state index is 11.4. The highest BCUT2D eigenvalue weighted by molar-refractivity contribution is 5.92. The van der Waals surface area contributed by atoms with Crippen LogP contribution < -0.4 is 5.73 Å². The number of imidazole rings is 1. The number of carbonyl (C=O) groups excluding carboxylic acids is 1. The van der Waals surface area contributed by atoms with Crippen molar-refractivity contribution >= 4 is 5.78 Å². The third-order valence-corrected chi connectivity index (χ3v) is 2.74. The molecular formula is C9H13N3O. The average molecular weight is 179 g/mol. The lowest BCUT2D eigenvalue weighted by Crippen LogP contribution is -2.34. The maximum Gasteiger partial charge on any atom is 0.153 e. The smallest absolute Gasteiger partial charge is 0.153 e. The van der Waals surface area contributed by atoms with E-state index in [1.807, 2.05) is 6.92 Å². The van der Waals surface area contributed by atoms with Crippen LogP contribution in [0.15, 0.2) is 12.5 Å². The number of nitrogens with one attached hydrogen (secondary N) is 1. The molecule has 0 bridgehead atoms. The molecule has 1 aliphatic rings. The molecule has 1 fully saturated rings. The third kappa shape index (κ3) is 1.18. The van der Waals surface area contributed by atoms with Gasteiger partial charge in [0.25, 0.3) is 0 Å². The van der Waals surface area contributed by atoms with Gasteiger partial charge in [-0.05, 0) is 6.42 Å². The highest BCUT2D eigenvalue weighted by atomic mass is 16.1. The van der Waals surface area contributed by atoms with Crippen molar-refractivity contribution in [1.82, 2.24) is 9.97 Å². The molecule has 0 aromatic carbocycles. The Morgan fingerprint density at radius 1 is 1.92 bits per heavy atom. The van der Waals surface area contributed by atoms with Crippen LogP contribution in [-0.4, -0.2) is 21.3 Å². The first-order chi connectivity index (χ1) is 6.18. The summed E-state index contributed by atoms with van der Waals surface area (Å²) in [5, 5.41) is 0. The van der Waals surface area contributed by atoms with Crippen LogP contribution in [0.4, 0.5) is 0 Å². The van der Waals surface area contributed by atoms with E-state index in [-0.39, 0.29) is 11.7 Å². The van der Waals surface area contributed by atoms with Crippen molar-refractivity contribution in [1.29, 1.82) is 0 Å². The monoisotopic (exact) mass is 179 g/mol. The fourth-order valence-corrected chi connectivity index (χ4v) is 1.76. The van der Waals surface area contributed by atoms with E-state index in [0.29, 0.717) is 6.42 Å². The van der Waals surface area contributed by atoms with Gasteiger partial charge in [0.15, 0.2) is 5.78 Å². The lowest BCUT2D eigenvalue weighted by Gasteiger charge is -2.06. The summed E-state index contributed by atoms with van der Waals surface area (Å²) in [7, 11) is 0. The molecule has 1 aliphatic carbocycles. The molecule has 2 atom stereocenters. The van der Waals surface area contributed by atoms with E-state index >= 15 is 0 Å². The number of rotatable bonds is 3. The topological polar surface area (TPSA) is 71.8 Å². The molecule has 1 saturated carbocycles. The van der Waals surface area contributed by atoms with Crippen LogP contribution in [-0.2, 0) is 4.79 Å². The number of aromatic nitrogens is 2. The van der Waals surface area contributed by atoms with E-state index in [0.717, 1.165) is 12.1 Å². The van der Waals surface area contributed by atoms with Crippen molar-refractivity contribution in [3.8, 4) is 0 Å². The van der Waals surface area contributed by atoms with Gasteiger partial charge < -0.3 is 10.7 Å². The first-order valence-electron chi connectivity index (χ1n) is 4.49. The van der Waals surface area contributed by atoms with Gasteiger partial charge in [0, 0.05) is 24.2 Å². The number of ketones is 1. The Morgan fingerprint density at radius 2 is 2.69 bits per heavy atom. The predicted molar refractivity (Wildman–Crippen MR) is 48.2 cm³/mol. The molecule has 1 aromatic rings. The average Bonchev–Trinajstić information content (AvgIpc) is 2.65. The van der Waals surface area contributed by atoms with Gasteiger partial charge in [0.2, 0.25) is 0 Å². The molecule has 1 unspecified atom stereocenters. The molecular weight excluding hydrogens is 166 g/mol. The summed E-state index contributed by atoms with van der Waals surface area (Å²) in [5.41, 5.74) is 6.31. The van der Waals surface area contributed by atoms with Crippen molar-refractivity contribution in [2.75, 3.05) is 0 Å². The number of carbonyl (C=O) groups is 1. The minimum absolute atomic E-state index is 0.145. The van der Waals surface area contributed by atoms with Gasteiger partial charge in [0.05, 0.1) is 11.9 Å². The van der Waals surface area contributed by atoms with Crippen LogP contribution in [0.5, 0.6) is 0 Å². The zero-order valence-corrected chi connectivity index (χ0v) is 7.58. The summed E-state index contributed by atoms with van der Waals surface area (Å²) in [4.78, 5) is 18.3. The number of nitrogens with two attached hydrogens (primary N) is 1. The fraction of sp³-hybridized carbons (Fsp3) is 0.556. The van der Waals surface area contributed by atoms with E-state index in [1.165, 1.54) is 0 Å². The molecule has 1 heterocycles. The second-order valence-corrected chi connectivity index (χ2v) is 3.58. The van der Waals surface area contributed by atoms with E-state index in [2.05, 4.69) is 9.97 Å². The van der Waals surface area contributed by atoms with Crippen molar-refractivity contribution in [3.05, 3.63) is 18.2 Å². The lowest BCUT2D eigenvalue weighted by molar-refractivity contribution is -0.121. The van der Waals surface area contributed by atoms with Crippen LogP contribution in [0, 0.1) is 0 Å². The van der Waals surface area contributed by atoms with Gasteiger partial charge in [-0.25, -0.2) is 4.98 Å². The summed E-state index contributed by atoms with van der Waals surface area (Å²) in [5.74, 6) is 0.301. The van der Waals surface area contributed by atoms with Crippen LogP contribution >= 0.6 is 0 Å². The first-order valence-corrected chi connectivity index (χ1v) is 4.49. The van der Waals surface area contributed by atoms with E-state index in [9.17, 15) is 4.79 Å². The van der Waals surface area contributed by atoms with Gasteiger partial charge in [-0.1, -0.05) is 6.92 Å². The second kappa shape index (κ2) is 2.67. The third-order valence-electron chi connectivity index (χ3n) is 2.74. The molecule has 0 amide bonds. The molecule has 70 valence electrons. The zero-order valence-electron chi connectivity index (χ0n) is 7.58. The van der Waals surface area contributed by atoms with Gasteiger partial charge in [-0.2, -0.15) is 0 Å². The molecule has 4 heteroatoms. The van der Waals surface area contributed by atoms with Crippen molar-refractivity contribution in [2.45, 2.75) is 31.2 Å². The van der Waals surface area contributed by atoms with Crippen LogP contribution in [0.25, 0.3) is 0 Å². The van der Waals surface area contributed by atoms with E-state index in [4.69, 9.17) is 5.73 Å². The Hall–Kier alpha value is -1.16. The first kappa shape index (κ1) is 8.44. The highest BCUT2D eigenvalue weighted by Gasteiger charge is 2.57. The molecule has 1 aromatic heterocycles. The fourth-order valence-electron chi connectivity index (χ4n) is 1.76. The van der Waals surface area contributed by atoms with Gasteiger partial charge in [-0.15, -0.1) is 0 Å². The van der Waals surface area contributed by atoms with Gasteiger partial charge in [0.1, 0.15) is 0 Å². The van der Waals surface area contributed by atoms with E-state index < -0.39 is 5.54 Å². The highest BCUT2D eigenvalue weighted by Crippen LogP contribution is 2.49. The molecule has 2 rings (SSSR count). The number of hydrogen-bond donors (Lipinski definition) is 2. The van der Waals surface area contributed by atoms with Crippen LogP contribution in [0.3, 0.4) is 0 Å². The minimum atomic E-state index is -0.610. The van der Waals surface area contributed by atoms with Crippen LogP contribution in [0.2, 0.25) is 0 Å². The summed E-state index contributed by atoms with van der Waals surface area (Å²) >= 11 is 0. The number of H-pyrrole nitrogens is 1. The summed E-state index contributed by atoms with van der Waals surface area (Å²) in [6.45, 7) is 1.85.